The van der Waals surface area contributed by atoms with Crippen molar-refractivity contribution in [3.05, 3.63) is 36.8 Å². The average Bonchev–Trinajstić information content (AvgIpc) is 2.31. The van der Waals surface area contributed by atoms with Gasteiger partial charge in [0.2, 0.25) is 5.91 Å². The number of pyridine rings is 1. The van der Waals surface area contributed by atoms with E-state index in [1.165, 1.54) is 0 Å². The predicted molar refractivity (Wildman–Crippen MR) is 62.7 cm³/mol. The van der Waals surface area contributed by atoms with E-state index in [1.54, 1.807) is 24.5 Å². The molecule has 0 spiro atoms. The summed E-state index contributed by atoms with van der Waals surface area (Å²) in [4.78, 5) is 17.9. The highest BCUT2D eigenvalue weighted by molar-refractivity contribution is 5.93. The molecule has 16 heavy (non-hydrogen) atoms. The summed E-state index contributed by atoms with van der Waals surface area (Å²) in [5.74, 6) is 0.0277. The second-order valence-corrected chi connectivity index (χ2v) is 3.94. The van der Waals surface area contributed by atoms with Gasteiger partial charge in [-0.3, -0.25) is 9.78 Å². The molecule has 1 amide bonds. The smallest absolute Gasteiger partial charge is 0.231 e. The van der Waals surface area contributed by atoms with Crippen molar-refractivity contribution >= 4 is 11.6 Å². The number of anilines is 1. The van der Waals surface area contributed by atoms with Gasteiger partial charge in [0.1, 0.15) is 0 Å². The molecule has 1 aliphatic heterocycles. The van der Waals surface area contributed by atoms with Gasteiger partial charge in [-0.15, -0.1) is 0 Å². The molecule has 0 aliphatic carbocycles. The Morgan fingerprint density at radius 1 is 1.50 bits per heavy atom. The minimum atomic E-state index is -0.0237. The fourth-order valence-electron chi connectivity index (χ4n) is 1.65. The predicted octanol–water partition coefficient (Wildman–Crippen LogP) is 1.49. The van der Waals surface area contributed by atoms with Gasteiger partial charge in [-0.05, 0) is 24.8 Å². The van der Waals surface area contributed by atoms with Crippen LogP contribution in [0.5, 0.6) is 0 Å². The van der Waals surface area contributed by atoms with E-state index in [4.69, 9.17) is 0 Å². The topological polar surface area (TPSA) is 45.2 Å². The highest BCUT2D eigenvalue weighted by Crippen LogP contribution is 2.15. The summed E-state index contributed by atoms with van der Waals surface area (Å²) in [6, 6.07) is 3.58. The zero-order chi connectivity index (χ0) is 11.4. The minimum Gasteiger partial charge on any atom is -0.381 e. The van der Waals surface area contributed by atoms with Crippen molar-refractivity contribution in [2.24, 2.45) is 5.92 Å². The first-order valence-electron chi connectivity index (χ1n) is 5.35. The molecule has 0 aromatic carbocycles. The van der Waals surface area contributed by atoms with Gasteiger partial charge in [0.15, 0.2) is 0 Å². The van der Waals surface area contributed by atoms with Gasteiger partial charge in [0.25, 0.3) is 0 Å². The van der Waals surface area contributed by atoms with E-state index in [2.05, 4.69) is 15.2 Å². The lowest BCUT2D eigenvalue weighted by Crippen LogP contribution is -2.28. The van der Waals surface area contributed by atoms with E-state index in [1.807, 2.05) is 19.3 Å². The van der Waals surface area contributed by atoms with Gasteiger partial charge in [-0.2, -0.15) is 0 Å². The lowest BCUT2D eigenvalue weighted by atomic mass is 10.0. The van der Waals surface area contributed by atoms with Crippen LogP contribution in [0, 0.1) is 5.92 Å². The number of nitrogens with zero attached hydrogens (tertiary/aromatic N) is 2. The Hall–Kier alpha value is -1.84. The standard InChI is InChI=1S/C12H15N3O/c1-15-8-4-10(5-9-15)12(16)14-11-2-6-13-7-3-11/h2-4,6-8,10H,5,9H2,1H3,(H,13,14,16). The Morgan fingerprint density at radius 2 is 2.25 bits per heavy atom. The van der Waals surface area contributed by atoms with Crippen molar-refractivity contribution in [1.82, 2.24) is 9.88 Å². The Bertz CT molecular complexity index is 389. The van der Waals surface area contributed by atoms with Crippen molar-refractivity contribution in [3.63, 3.8) is 0 Å². The highest BCUT2D eigenvalue weighted by atomic mass is 16.1. The maximum Gasteiger partial charge on any atom is 0.231 e. The third-order valence-corrected chi connectivity index (χ3v) is 2.65. The fraction of sp³-hybridized carbons (Fsp3) is 0.333. The van der Waals surface area contributed by atoms with E-state index < -0.39 is 0 Å². The van der Waals surface area contributed by atoms with Crippen LogP contribution >= 0.6 is 0 Å². The summed E-state index contributed by atoms with van der Waals surface area (Å²) in [7, 11) is 2.01. The quantitative estimate of drug-likeness (QED) is 0.816. The molecule has 84 valence electrons. The molecule has 4 nitrogen and oxygen atoms in total. The summed E-state index contributed by atoms with van der Waals surface area (Å²) in [6.45, 7) is 0.922. The number of hydrogen-bond acceptors (Lipinski definition) is 3. The third-order valence-electron chi connectivity index (χ3n) is 2.65. The Morgan fingerprint density at radius 3 is 2.88 bits per heavy atom. The molecule has 0 radical (unpaired) electrons. The maximum absolute atomic E-state index is 11.9. The van der Waals surface area contributed by atoms with E-state index in [0.29, 0.717) is 0 Å². The molecular weight excluding hydrogens is 202 g/mol. The van der Waals surface area contributed by atoms with Crippen LogP contribution in [0.25, 0.3) is 0 Å². The summed E-state index contributed by atoms with van der Waals surface area (Å²) in [5, 5.41) is 2.88. The van der Waals surface area contributed by atoms with Gasteiger partial charge in [-0.25, -0.2) is 0 Å². The number of rotatable bonds is 2. The molecule has 0 fully saturated rings. The van der Waals surface area contributed by atoms with Gasteiger partial charge >= 0.3 is 0 Å². The van der Waals surface area contributed by atoms with Crippen molar-refractivity contribution in [1.29, 1.82) is 0 Å². The number of carbonyl (C=O) groups excluding carboxylic acids is 1. The lowest BCUT2D eigenvalue weighted by molar-refractivity contribution is -0.118. The van der Waals surface area contributed by atoms with E-state index in [0.717, 1.165) is 18.7 Å². The van der Waals surface area contributed by atoms with Crippen molar-refractivity contribution < 1.29 is 4.79 Å². The Kier molecular flexibility index (Phi) is 3.19. The van der Waals surface area contributed by atoms with Crippen LogP contribution in [-0.4, -0.2) is 29.4 Å². The molecule has 1 aromatic rings. The molecule has 1 unspecified atom stereocenters. The second-order valence-electron chi connectivity index (χ2n) is 3.94. The maximum atomic E-state index is 11.9. The lowest BCUT2D eigenvalue weighted by Gasteiger charge is -2.23. The molecule has 1 N–H and O–H groups in total. The molecule has 1 atom stereocenters. The normalized spacial score (nSPS) is 19.6. The Labute approximate surface area is 95.0 Å². The molecule has 4 heteroatoms. The number of aromatic nitrogens is 1. The highest BCUT2D eigenvalue weighted by Gasteiger charge is 2.18. The van der Waals surface area contributed by atoms with Crippen LogP contribution in [0.15, 0.2) is 36.8 Å². The summed E-state index contributed by atoms with van der Waals surface area (Å²) in [6.07, 6.45) is 8.10. The number of amides is 1. The second kappa shape index (κ2) is 4.79. The van der Waals surface area contributed by atoms with Crippen molar-refractivity contribution in [2.75, 3.05) is 18.9 Å². The first-order chi connectivity index (χ1) is 7.75. The molecule has 1 aromatic heterocycles. The van der Waals surface area contributed by atoms with Crippen LogP contribution in [-0.2, 0) is 4.79 Å². The van der Waals surface area contributed by atoms with Crippen LogP contribution in [0.3, 0.4) is 0 Å². The van der Waals surface area contributed by atoms with E-state index in [-0.39, 0.29) is 11.8 Å². The molecule has 0 bridgehead atoms. The molecule has 2 heterocycles. The van der Waals surface area contributed by atoms with Crippen LogP contribution in [0.2, 0.25) is 0 Å². The van der Waals surface area contributed by atoms with Gasteiger partial charge in [-0.1, -0.05) is 6.08 Å². The largest absolute Gasteiger partial charge is 0.381 e. The summed E-state index contributed by atoms with van der Waals surface area (Å²) >= 11 is 0. The zero-order valence-electron chi connectivity index (χ0n) is 9.26. The number of nitrogens with one attached hydrogen (secondary N) is 1. The molecule has 2 rings (SSSR count). The van der Waals surface area contributed by atoms with Gasteiger partial charge in [0.05, 0.1) is 5.92 Å². The first kappa shape index (κ1) is 10.7. The van der Waals surface area contributed by atoms with Gasteiger partial charge < -0.3 is 10.2 Å². The molecule has 0 saturated heterocycles. The first-order valence-corrected chi connectivity index (χ1v) is 5.35. The van der Waals surface area contributed by atoms with Crippen molar-refractivity contribution in [2.45, 2.75) is 6.42 Å². The van der Waals surface area contributed by atoms with Crippen molar-refractivity contribution in [3.8, 4) is 0 Å². The molecule has 0 saturated carbocycles. The summed E-state index contributed by atoms with van der Waals surface area (Å²) in [5.41, 5.74) is 0.798. The zero-order valence-corrected chi connectivity index (χ0v) is 9.26. The van der Waals surface area contributed by atoms with Gasteiger partial charge in [0, 0.05) is 31.7 Å². The van der Waals surface area contributed by atoms with Crippen LogP contribution < -0.4 is 5.32 Å². The monoisotopic (exact) mass is 217 g/mol. The van der Waals surface area contributed by atoms with Crippen LogP contribution in [0.4, 0.5) is 5.69 Å². The third kappa shape index (κ3) is 2.59. The SMILES string of the molecule is CN1C=CC(C(=O)Nc2ccncc2)CC1. The average molecular weight is 217 g/mol. The van der Waals surface area contributed by atoms with E-state index >= 15 is 0 Å². The molecular formula is C12H15N3O. The summed E-state index contributed by atoms with van der Waals surface area (Å²) < 4.78 is 0. The van der Waals surface area contributed by atoms with Crippen LogP contribution in [0.1, 0.15) is 6.42 Å². The molecule has 1 aliphatic rings. The fourth-order valence-corrected chi connectivity index (χ4v) is 1.65. The number of hydrogen-bond donors (Lipinski definition) is 1. The number of carbonyl (C=O) groups is 1. The van der Waals surface area contributed by atoms with E-state index in [9.17, 15) is 4.79 Å². The minimum absolute atomic E-state index is 0.0237. The Balaban J connectivity index is 1.96.